The maximum Gasteiger partial charge on any atom is 0.135 e. The molecule has 26 heavy (non-hydrogen) atoms. The number of imidazole rings is 1. The molecule has 0 radical (unpaired) electrons. The first-order valence-corrected chi connectivity index (χ1v) is 8.70. The molecule has 0 fully saturated rings. The molecule has 3 aromatic rings. The Bertz CT molecular complexity index is 928. The van der Waals surface area contributed by atoms with E-state index in [4.69, 9.17) is 9.47 Å². The van der Waals surface area contributed by atoms with Crippen LogP contribution in [0.5, 0.6) is 11.5 Å². The van der Waals surface area contributed by atoms with Crippen molar-refractivity contribution in [1.82, 2.24) is 9.55 Å². The largest absolute Gasteiger partial charge is 0.496 e. The minimum Gasteiger partial charge on any atom is -0.496 e. The standard InChI is InChI=1S/C22H22N2O2/c1-22(2)12-11-17-19(26-22)10-9-18(21(17)25-3)20(24-14-13-23-15-24)16-7-5-4-6-8-16/h4-15,20H,1-3H3. The van der Waals surface area contributed by atoms with Gasteiger partial charge in [0.2, 0.25) is 0 Å². The van der Waals surface area contributed by atoms with Gasteiger partial charge in [-0.3, -0.25) is 0 Å². The van der Waals surface area contributed by atoms with E-state index < -0.39 is 0 Å². The smallest absolute Gasteiger partial charge is 0.135 e. The van der Waals surface area contributed by atoms with Crippen LogP contribution in [0.1, 0.15) is 36.6 Å². The fourth-order valence-corrected chi connectivity index (χ4v) is 3.46. The summed E-state index contributed by atoms with van der Waals surface area (Å²) in [6.45, 7) is 4.09. The second-order valence-electron chi connectivity index (χ2n) is 6.96. The molecular weight excluding hydrogens is 324 g/mol. The highest BCUT2D eigenvalue weighted by molar-refractivity contribution is 5.70. The molecule has 1 atom stereocenters. The summed E-state index contributed by atoms with van der Waals surface area (Å²) in [4.78, 5) is 4.24. The Labute approximate surface area is 153 Å². The third-order valence-electron chi connectivity index (χ3n) is 4.65. The summed E-state index contributed by atoms with van der Waals surface area (Å²) in [5.41, 5.74) is 2.90. The summed E-state index contributed by atoms with van der Waals surface area (Å²) in [6, 6.07) is 14.5. The molecule has 1 aliphatic heterocycles. The lowest BCUT2D eigenvalue weighted by atomic mass is 9.93. The highest BCUT2D eigenvalue weighted by Gasteiger charge is 2.28. The average molecular weight is 346 g/mol. The first-order chi connectivity index (χ1) is 12.6. The molecule has 132 valence electrons. The SMILES string of the molecule is COc1c(C(c2ccccc2)n2ccnc2)ccc2c1C=CC(C)(C)O2. The molecule has 4 heteroatoms. The lowest BCUT2D eigenvalue weighted by Gasteiger charge is -2.30. The van der Waals surface area contributed by atoms with E-state index in [2.05, 4.69) is 52.0 Å². The molecule has 0 spiro atoms. The van der Waals surface area contributed by atoms with Crippen molar-refractivity contribution in [1.29, 1.82) is 0 Å². The summed E-state index contributed by atoms with van der Waals surface area (Å²) in [5.74, 6) is 1.67. The molecule has 4 rings (SSSR count). The lowest BCUT2D eigenvalue weighted by Crippen LogP contribution is -2.27. The van der Waals surface area contributed by atoms with Crippen LogP contribution < -0.4 is 9.47 Å². The van der Waals surface area contributed by atoms with Gasteiger partial charge in [-0.15, -0.1) is 0 Å². The van der Waals surface area contributed by atoms with Crippen molar-refractivity contribution in [2.45, 2.75) is 25.5 Å². The highest BCUT2D eigenvalue weighted by Crippen LogP contribution is 2.43. The van der Waals surface area contributed by atoms with E-state index in [0.717, 1.165) is 22.6 Å². The zero-order valence-corrected chi connectivity index (χ0v) is 15.2. The van der Waals surface area contributed by atoms with Crippen molar-refractivity contribution in [3.8, 4) is 11.5 Å². The van der Waals surface area contributed by atoms with Crippen molar-refractivity contribution in [2.75, 3.05) is 7.11 Å². The molecular formula is C22H22N2O2. The third kappa shape index (κ3) is 2.88. The lowest BCUT2D eigenvalue weighted by molar-refractivity contribution is 0.158. The predicted molar refractivity (Wildman–Crippen MR) is 103 cm³/mol. The van der Waals surface area contributed by atoms with Gasteiger partial charge in [0.25, 0.3) is 0 Å². The number of nitrogens with zero attached hydrogens (tertiary/aromatic N) is 2. The Kier molecular flexibility index (Phi) is 4.03. The van der Waals surface area contributed by atoms with Gasteiger partial charge in [-0.25, -0.2) is 4.98 Å². The molecule has 2 aromatic carbocycles. The van der Waals surface area contributed by atoms with E-state index in [0.29, 0.717) is 0 Å². The third-order valence-corrected chi connectivity index (χ3v) is 4.65. The Morgan fingerprint density at radius 1 is 1.12 bits per heavy atom. The van der Waals surface area contributed by atoms with Gasteiger partial charge in [0.05, 0.1) is 25.0 Å². The Morgan fingerprint density at radius 2 is 1.92 bits per heavy atom. The maximum atomic E-state index is 6.11. The summed E-state index contributed by atoms with van der Waals surface area (Å²) >= 11 is 0. The summed E-state index contributed by atoms with van der Waals surface area (Å²) < 4.78 is 14.0. The van der Waals surface area contributed by atoms with E-state index in [9.17, 15) is 0 Å². The molecule has 2 heterocycles. The average Bonchev–Trinajstić information content (AvgIpc) is 3.16. The molecule has 1 aliphatic rings. The van der Waals surface area contributed by atoms with E-state index in [1.807, 2.05) is 38.5 Å². The van der Waals surface area contributed by atoms with Gasteiger partial charge < -0.3 is 14.0 Å². The van der Waals surface area contributed by atoms with Crippen LogP contribution in [0.4, 0.5) is 0 Å². The van der Waals surface area contributed by atoms with Crippen molar-refractivity contribution in [3.63, 3.8) is 0 Å². The predicted octanol–water partition coefficient (Wildman–Crippen LogP) is 4.71. The molecule has 0 bridgehead atoms. The number of methoxy groups -OCH3 is 1. The second kappa shape index (κ2) is 6.37. The van der Waals surface area contributed by atoms with E-state index in [1.165, 1.54) is 5.56 Å². The second-order valence-corrected chi connectivity index (χ2v) is 6.96. The Balaban J connectivity index is 1.90. The maximum absolute atomic E-state index is 6.11. The Morgan fingerprint density at radius 3 is 2.62 bits per heavy atom. The van der Waals surface area contributed by atoms with Crippen LogP contribution in [-0.4, -0.2) is 22.3 Å². The van der Waals surface area contributed by atoms with E-state index >= 15 is 0 Å². The van der Waals surface area contributed by atoms with Crippen molar-refractivity contribution in [2.24, 2.45) is 0 Å². The molecule has 4 nitrogen and oxygen atoms in total. The molecule has 0 aliphatic carbocycles. The number of aromatic nitrogens is 2. The summed E-state index contributed by atoms with van der Waals surface area (Å²) in [7, 11) is 1.71. The van der Waals surface area contributed by atoms with Gasteiger partial charge >= 0.3 is 0 Å². The van der Waals surface area contributed by atoms with Crippen LogP contribution in [0.15, 0.2) is 67.3 Å². The molecule has 1 unspecified atom stereocenters. The van der Waals surface area contributed by atoms with Crippen LogP contribution >= 0.6 is 0 Å². The van der Waals surface area contributed by atoms with Crippen LogP contribution in [0, 0.1) is 0 Å². The fourth-order valence-electron chi connectivity index (χ4n) is 3.46. The summed E-state index contributed by atoms with van der Waals surface area (Å²) in [6.07, 6.45) is 9.78. The van der Waals surface area contributed by atoms with Crippen LogP contribution in [0.2, 0.25) is 0 Å². The van der Waals surface area contributed by atoms with E-state index in [-0.39, 0.29) is 11.6 Å². The van der Waals surface area contributed by atoms with Gasteiger partial charge in [0, 0.05) is 18.0 Å². The van der Waals surface area contributed by atoms with Gasteiger partial charge in [0.15, 0.2) is 0 Å². The summed E-state index contributed by atoms with van der Waals surface area (Å²) in [5, 5.41) is 0. The number of hydrogen-bond donors (Lipinski definition) is 0. The first kappa shape index (κ1) is 16.5. The van der Waals surface area contributed by atoms with Gasteiger partial charge in [-0.05, 0) is 43.7 Å². The topological polar surface area (TPSA) is 36.3 Å². The number of fused-ring (bicyclic) bond motifs is 1. The zero-order chi connectivity index (χ0) is 18.1. The van der Waals surface area contributed by atoms with Crippen molar-refractivity contribution >= 4 is 6.08 Å². The molecule has 0 amide bonds. The van der Waals surface area contributed by atoms with Crippen molar-refractivity contribution < 1.29 is 9.47 Å². The van der Waals surface area contributed by atoms with Crippen LogP contribution in [0.25, 0.3) is 6.08 Å². The minimum atomic E-state index is -0.317. The van der Waals surface area contributed by atoms with Crippen LogP contribution in [0.3, 0.4) is 0 Å². The quantitative estimate of drug-likeness (QED) is 0.686. The monoisotopic (exact) mass is 346 g/mol. The van der Waals surface area contributed by atoms with E-state index in [1.54, 1.807) is 13.3 Å². The number of ether oxygens (including phenoxy) is 2. The molecule has 0 saturated heterocycles. The number of hydrogen-bond acceptors (Lipinski definition) is 3. The first-order valence-electron chi connectivity index (χ1n) is 8.70. The molecule has 0 saturated carbocycles. The zero-order valence-electron chi connectivity index (χ0n) is 15.2. The van der Waals surface area contributed by atoms with Gasteiger partial charge in [-0.2, -0.15) is 0 Å². The Hall–Kier alpha value is -3.01. The fraction of sp³-hybridized carbons (Fsp3) is 0.227. The normalized spacial score (nSPS) is 15.8. The van der Waals surface area contributed by atoms with Gasteiger partial charge in [0.1, 0.15) is 17.1 Å². The van der Waals surface area contributed by atoms with Crippen LogP contribution in [-0.2, 0) is 0 Å². The van der Waals surface area contributed by atoms with Crippen molar-refractivity contribution in [3.05, 3.63) is 84.0 Å². The minimum absolute atomic E-state index is 0.0257. The number of benzene rings is 2. The van der Waals surface area contributed by atoms with Gasteiger partial charge in [-0.1, -0.05) is 30.3 Å². The molecule has 0 N–H and O–H groups in total. The molecule has 1 aromatic heterocycles. The number of rotatable bonds is 4. The highest BCUT2D eigenvalue weighted by atomic mass is 16.5.